The molecule has 1 aliphatic rings. The second-order valence-corrected chi connectivity index (χ2v) is 5.61. The van der Waals surface area contributed by atoms with E-state index in [2.05, 4.69) is 11.9 Å². The molecular formula is C12H14N2OS. The first kappa shape index (κ1) is 10.0. The Hall–Kier alpha value is -1.16. The van der Waals surface area contributed by atoms with Crippen LogP contribution >= 0.6 is 11.3 Å². The maximum Gasteiger partial charge on any atom is 0.262 e. The topological polar surface area (TPSA) is 34.9 Å². The summed E-state index contributed by atoms with van der Waals surface area (Å²) in [5, 5.41) is 0.841. The minimum absolute atomic E-state index is 0.168. The van der Waals surface area contributed by atoms with Gasteiger partial charge in [0.15, 0.2) is 0 Å². The molecule has 16 heavy (non-hydrogen) atoms. The Balaban J connectivity index is 2.44. The van der Waals surface area contributed by atoms with E-state index in [9.17, 15) is 4.79 Å². The van der Waals surface area contributed by atoms with Crippen LogP contribution in [-0.2, 0) is 13.0 Å². The third kappa shape index (κ3) is 1.26. The number of aromatic nitrogens is 2. The summed E-state index contributed by atoms with van der Waals surface area (Å²) in [6.45, 7) is 4.92. The number of hydrogen-bond donors (Lipinski definition) is 0. The lowest BCUT2D eigenvalue weighted by atomic mass is 10.1. The Bertz CT molecular complexity index is 624. The van der Waals surface area contributed by atoms with Gasteiger partial charge in [0.2, 0.25) is 0 Å². The second-order valence-electron chi connectivity index (χ2n) is 4.41. The molecule has 3 rings (SSSR count). The Morgan fingerprint density at radius 2 is 2.12 bits per heavy atom. The molecule has 0 unspecified atom stereocenters. The highest BCUT2D eigenvalue weighted by atomic mass is 32.1. The number of aryl methyl sites for hydroxylation is 3. The molecule has 0 bridgehead atoms. The highest BCUT2D eigenvalue weighted by Crippen LogP contribution is 2.27. The van der Waals surface area contributed by atoms with Crippen molar-refractivity contribution in [3.05, 3.63) is 26.6 Å². The summed E-state index contributed by atoms with van der Waals surface area (Å²) in [5.41, 5.74) is 1.28. The molecule has 0 N–H and O–H groups in total. The van der Waals surface area contributed by atoms with Crippen molar-refractivity contribution in [2.45, 2.75) is 39.7 Å². The van der Waals surface area contributed by atoms with E-state index in [0.717, 1.165) is 47.4 Å². The lowest BCUT2D eigenvalue weighted by Crippen LogP contribution is -2.28. The van der Waals surface area contributed by atoms with Gasteiger partial charge in [0.1, 0.15) is 10.7 Å². The van der Waals surface area contributed by atoms with Crippen LogP contribution in [0.15, 0.2) is 4.79 Å². The molecule has 1 aliphatic heterocycles. The van der Waals surface area contributed by atoms with Gasteiger partial charge in [0, 0.05) is 17.8 Å². The number of thiophene rings is 1. The number of hydrogen-bond acceptors (Lipinski definition) is 3. The Labute approximate surface area is 97.7 Å². The average molecular weight is 234 g/mol. The van der Waals surface area contributed by atoms with Gasteiger partial charge in [-0.2, -0.15) is 0 Å². The molecule has 2 aromatic heterocycles. The van der Waals surface area contributed by atoms with Gasteiger partial charge in [-0.1, -0.05) is 0 Å². The fourth-order valence-corrected chi connectivity index (χ4v) is 3.38. The molecule has 3 heterocycles. The van der Waals surface area contributed by atoms with Crippen molar-refractivity contribution in [2.24, 2.45) is 0 Å². The highest BCUT2D eigenvalue weighted by molar-refractivity contribution is 7.18. The minimum atomic E-state index is 0.168. The van der Waals surface area contributed by atoms with E-state index in [4.69, 9.17) is 0 Å². The van der Waals surface area contributed by atoms with Crippen molar-refractivity contribution in [1.82, 2.24) is 9.55 Å². The van der Waals surface area contributed by atoms with Crippen LogP contribution in [0.25, 0.3) is 10.2 Å². The molecule has 0 atom stereocenters. The highest BCUT2D eigenvalue weighted by Gasteiger charge is 2.17. The van der Waals surface area contributed by atoms with Gasteiger partial charge in [-0.25, -0.2) is 4.98 Å². The minimum Gasteiger partial charge on any atom is -0.296 e. The Morgan fingerprint density at radius 1 is 1.31 bits per heavy atom. The van der Waals surface area contributed by atoms with E-state index in [1.54, 1.807) is 11.3 Å². The predicted molar refractivity (Wildman–Crippen MR) is 66.3 cm³/mol. The summed E-state index contributed by atoms with van der Waals surface area (Å²) in [7, 11) is 0. The number of rotatable bonds is 0. The van der Waals surface area contributed by atoms with Gasteiger partial charge >= 0.3 is 0 Å². The summed E-state index contributed by atoms with van der Waals surface area (Å²) in [4.78, 5) is 19.1. The van der Waals surface area contributed by atoms with Crippen LogP contribution in [0.3, 0.4) is 0 Å². The normalized spacial score (nSPS) is 15.4. The summed E-state index contributed by atoms with van der Waals surface area (Å²) in [6, 6.07) is 0. The third-order valence-electron chi connectivity index (χ3n) is 3.40. The van der Waals surface area contributed by atoms with Gasteiger partial charge in [0.25, 0.3) is 5.56 Å². The van der Waals surface area contributed by atoms with Gasteiger partial charge in [0.05, 0.1) is 5.39 Å². The summed E-state index contributed by atoms with van der Waals surface area (Å²) in [5.74, 6) is 0.977. The van der Waals surface area contributed by atoms with Crippen molar-refractivity contribution in [2.75, 3.05) is 0 Å². The largest absolute Gasteiger partial charge is 0.296 e. The molecule has 84 valence electrons. The van der Waals surface area contributed by atoms with E-state index >= 15 is 0 Å². The van der Waals surface area contributed by atoms with Crippen LogP contribution in [0.1, 0.15) is 29.1 Å². The third-order valence-corrected chi connectivity index (χ3v) is 4.50. The lowest BCUT2D eigenvalue weighted by Gasteiger charge is -2.16. The van der Waals surface area contributed by atoms with Crippen LogP contribution in [0, 0.1) is 13.8 Å². The zero-order valence-electron chi connectivity index (χ0n) is 9.54. The van der Waals surface area contributed by atoms with Crippen molar-refractivity contribution in [1.29, 1.82) is 0 Å². The molecule has 0 fully saturated rings. The van der Waals surface area contributed by atoms with Crippen molar-refractivity contribution in [3.63, 3.8) is 0 Å². The second kappa shape index (κ2) is 3.42. The molecule has 0 aromatic carbocycles. The molecule has 3 nitrogen and oxygen atoms in total. The van der Waals surface area contributed by atoms with Crippen LogP contribution in [0.4, 0.5) is 0 Å². The monoisotopic (exact) mass is 234 g/mol. The standard InChI is InChI=1S/C12H14N2OS/c1-7-8(2)16-11-10(7)12(15)14-6-4-3-5-9(14)13-11/h3-6H2,1-2H3. The maximum absolute atomic E-state index is 12.3. The van der Waals surface area contributed by atoms with Crippen LogP contribution in [0.5, 0.6) is 0 Å². The van der Waals surface area contributed by atoms with E-state index < -0.39 is 0 Å². The van der Waals surface area contributed by atoms with Crippen molar-refractivity contribution >= 4 is 21.6 Å². The molecule has 4 heteroatoms. The molecular weight excluding hydrogens is 220 g/mol. The van der Waals surface area contributed by atoms with Crippen LogP contribution in [0.2, 0.25) is 0 Å². The fourth-order valence-electron chi connectivity index (χ4n) is 2.34. The molecule has 0 saturated carbocycles. The van der Waals surface area contributed by atoms with Gasteiger partial charge < -0.3 is 0 Å². The molecule has 0 aliphatic carbocycles. The van der Waals surface area contributed by atoms with Crippen LogP contribution < -0.4 is 5.56 Å². The SMILES string of the molecule is Cc1sc2nc3n(c(=O)c2c1C)CCCC3. The lowest BCUT2D eigenvalue weighted by molar-refractivity contribution is 0.501. The van der Waals surface area contributed by atoms with Crippen LogP contribution in [-0.4, -0.2) is 9.55 Å². The predicted octanol–water partition coefficient (Wildman–Crippen LogP) is 2.41. The average Bonchev–Trinajstić information content (AvgIpc) is 2.55. The number of nitrogens with zero attached hydrogens (tertiary/aromatic N) is 2. The zero-order valence-corrected chi connectivity index (χ0v) is 10.4. The van der Waals surface area contributed by atoms with Crippen molar-refractivity contribution < 1.29 is 0 Å². The first-order valence-electron chi connectivity index (χ1n) is 5.68. The quantitative estimate of drug-likeness (QED) is 0.701. The van der Waals surface area contributed by atoms with E-state index in [1.807, 2.05) is 11.5 Å². The Morgan fingerprint density at radius 3 is 2.94 bits per heavy atom. The maximum atomic E-state index is 12.3. The van der Waals surface area contributed by atoms with Gasteiger partial charge in [-0.15, -0.1) is 11.3 Å². The molecule has 0 saturated heterocycles. The van der Waals surface area contributed by atoms with E-state index in [-0.39, 0.29) is 5.56 Å². The first-order chi connectivity index (χ1) is 7.68. The van der Waals surface area contributed by atoms with Gasteiger partial charge in [-0.3, -0.25) is 9.36 Å². The summed E-state index contributed by atoms with van der Waals surface area (Å²) >= 11 is 1.64. The number of fused-ring (bicyclic) bond motifs is 2. The van der Waals surface area contributed by atoms with Crippen molar-refractivity contribution in [3.8, 4) is 0 Å². The smallest absolute Gasteiger partial charge is 0.262 e. The van der Waals surface area contributed by atoms with Gasteiger partial charge in [-0.05, 0) is 32.3 Å². The molecule has 0 amide bonds. The van der Waals surface area contributed by atoms with E-state index in [1.165, 1.54) is 4.88 Å². The summed E-state index contributed by atoms with van der Waals surface area (Å²) < 4.78 is 1.87. The molecule has 0 spiro atoms. The first-order valence-corrected chi connectivity index (χ1v) is 6.49. The fraction of sp³-hybridized carbons (Fsp3) is 0.500. The zero-order chi connectivity index (χ0) is 11.3. The Kier molecular flexibility index (Phi) is 2.14. The molecule has 0 radical (unpaired) electrons. The molecule has 2 aromatic rings. The summed E-state index contributed by atoms with van der Waals surface area (Å²) in [6.07, 6.45) is 3.20. The van der Waals surface area contributed by atoms with E-state index in [0.29, 0.717) is 0 Å².